The van der Waals surface area contributed by atoms with Gasteiger partial charge in [-0.1, -0.05) is 5.16 Å². The predicted octanol–water partition coefficient (Wildman–Crippen LogP) is 0.678. The van der Waals surface area contributed by atoms with Crippen LogP contribution >= 0.6 is 15.9 Å². The highest BCUT2D eigenvalue weighted by Crippen LogP contribution is 2.23. The van der Waals surface area contributed by atoms with E-state index in [2.05, 4.69) is 50.1 Å². The van der Waals surface area contributed by atoms with Crippen molar-refractivity contribution < 1.29 is 26.2 Å². The minimum absolute atomic E-state index is 0.0484. The summed E-state index contributed by atoms with van der Waals surface area (Å²) in [6, 6.07) is 1.69. The summed E-state index contributed by atoms with van der Waals surface area (Å²) in [5, 5.41) is 13.8. The van der Waals surface area contributed by atoms with Gasteiger partial charge >= 0.3 is 5.76 Å². The van der Waals surface area contributed by atoms with E-state index in [1.54, 1.807) is 6.07 Å². The number of hydrogen-bond donors (Lipinski definition) is 1. The Morgan fingerprint density at radius 2 is 2.15 bits per heavy atom. The zero-order chi connectivity index (χ0) is 18.7. The number of nitrogens with zero attached hydrogens (tertiary/aromatic N) is 4. The summed E-state index contributed by atoms with van der Waals surface area (Å²) in [6.07, 6.45) is 2.41. The molecule has 0 bridgehead atoms. The highest BCUT2D eigenvalue weighted by Gasteiger charge is 2.22. The van der Waals surface area contributed by atoms with Gasteiger partial charge < -0.3 is 9.73 Å². The van der Waals surface area contributed by atoms with Gasteiger partial charge in [-0.15, -0.1) is 0 Å². The van der Waals surface area contributed by atoms with E-state index in [9.17, 15) is 13.2 Å². The van der Waals surface area contributed by atoms with Crippen LogP contribution in [0.2, 0.25) is 0 Å². The fourth-order valence-electron chi connectivity index (χ4n) is 1.98. The van der Waals surface area contributed by atoms with Gasteiger partial charge in [0.15, 0.2) is 5.69 Å². The van der Waals surface area contributed by atoms with Crippen LogP contribution in [0.3, 0.4) is 0 Å². The van der Waals surface area contributed by atoms with Gasteiger partial charge in [-0.3, -0.25) is 8.71 Å². The molecule has 0 aliphatic heterocycles. The SMILES string of the molecule is CS(=O)(=O)OCCNc1nonc1-c1noc(=O)n1Cc1cc(Br)co1. The lowest BCUT2D eigenvalue weighted by molar-refractivity contribution is 0.308. The molecule has 3 aromatic heterocycles. The van der Waals surface area contributed by atoms with Crippen LogP contribution < -0.4 is 11.1 Å². The Bertz CT molecular complexity index is 1050. The lowest BCUT2D eigenvalue weighted by Crippen LogP contribution is -2.17. The molecule has 0 spiro atoms. The summed E-state index contributed by atoms with van der Waals surface area (Å²) in [4.78, 5) is 11.9. The Hall–Kier alpha value is -2.45. The molecular weight excluding hydrogens is 438 g/mol. The van der Waals surface area contributed by atoms with Crippen molar-refractivity contribution in [2.24, 2.45) is 0 Å². The summed E-state index contributed by atoms with van der Waals surface area (Å²) in [6.45, 7) is 0.0193. The molecule has 0 saturated carbocycles. The summed E-state index contributed by atoms with van der Waals surface area (Å²) < 4.78 is 43.0. The lowest BCUT2D eigenvalue weighted by atomic mass is 10.3. The first kappa shape index (κ1) is 18.3. The second-order valence-electron chi connectivity index (χ2n) is 5.00. The molecule has 12 nitrogen and oxygen atoms in total. The minimum Gasteiger partial charge on any atom is -0.466 e. The number of rotatable bonds is 8. The quantitative estimate of drug-likeness (QED) is 0.380. The standard InChI is InChI=1S/C12H12BrN5O7S/c1-26(20,21)23-3-2-14-10-9(15-25-16-10)11-17-24-12(19)18(11)5-8-4-7(13)6-22-8/h4,6H,2-3,5H2,1H3,(H,14,16). The zero-order valence-electron chi connectivity index (χ0n) is 13.2. The van der Waals surface area contributed by atoms with E-state index in [4.69, 9.17) is 4.42 Å². The number of aromatic nitrogens is 4. The van der Waals surface area contributed by atoms with Crippen LogP contribution in [0.4, 0.5) is 5.82 Å². The molecule has 26 heavy (non-hydrogen) atoms. The Balaban J connectivity index is 1.78. The third-order valence-electron chi connectivity index (χ3n) is 3.01. The van der Waals surface area contributed by atoms with Gasteiger partial charge in [0.05, 0.1) is 23.9 Å². The molecule has 3 rings (SSSR count). The summed E-state index contributed by atoms with van der Waals surface area (Å²) in [5.74, 6) is -0.0297. The molecule has 140 valence electrons. The molecule has 0 atom stereocenters. The van der Waals surface area contributed by atoms with Crippen molar-refractivity contribution in [3.8, 4) is 11.5 Å². The van der Waals surface area contributed by atoms with Crippen molar-refractivity contribution in [2.75, 3.05) is 24.7 Å². The topological polar surface area (TPSA) is 155 Å². The fourth-order valence-corrected chi connectivity index (χ4v) is 2.72. The van der Waals surface area contributed by atoms with E-state index < -0.39 is 15.9 Å². The summed E-state index contributed by atoms with van der Waals surface area (Å²) >= 11 is 3.25. The molecule has 3 aromatic rings. The zero-order valence-corrected chi connectivity index (χ0v) is 15.6. The predicted molar refractivity (Wildman–Crippen MR) is 88.9 cm³/mol. The maximum absolute atomic E-state index is 11.9. The van der Waals surface area contributed by atoms with Crippen LogP contribution in [0.1, 0.15) is 5.76 Å². The first-order valence-electron chi connectivity index (χ1n) is 7.04. The normalized spacial score (nSPS) is 11.8. The van der Waals surface area contributed by atoms with Gasteiger partial charge in [-0.2, -0.15) is 8.42 Å². The van der Waals surface area contributed by atoms with Gasteiger partial charge in [-0.25, -0.2) is 14.0 Å². The highest BCUT2D eigenvalue weighted by molar-refractivity contribution is 9.10. The third-order valence-corrected chi connectivity index (χ3v) is 4.02. The molecule has 0 aliphatic rings. The van der Waals surface area contributed by atoms with Gasteiger partial charge in [0.2, 0.25) is 11.6 Å². The van der Waals surface area contributed by atoms with E-state index in [-0.39, 0.29) is 37.0 Å². The average Bonchev–Trinajstić information content (AvgIpc) is 3.26. The average molecular weight is 450 g/mol. The van der Waals surface area contributed by atoms with Crippen molar-refractivity contribution in [3.05, 3.63) is 33.1 Å². The van der Waals surface area contributed by atoms with Crippen LogP contribution in [0, 0.1) is 0 Å². The van der Waals surface area contributed by atoms with E-state index in [0.29, 0.717) is 5.76 Å². The van der Waals surface area contributed by atoms with E-state index in [0.717, 1.165) is 10.7 Å². The summed E-state index contributed by atoms with van der Waals surface area (Å²) in [7, 11) is -3.55. The molecule has 14 heteroatoms. The second-order valence-corrected chi connectivity index (χ2v) is 7.56. The van der Waals surface area contributed by atoms with Crippen LogP contribution in [0.25, 0.3) is 11.5 Å². The number of hydrogen-bond acceptors (Lipinski definition) is 11. The van der Waals surface area contributed by atoms with Crippen molar-refractivity contribution in [1.82, 2.24) is 20.0 Å². The molecule has 0 aliphatic carbocycles. The van der Waals surface area contributed by atoms with Gasteiger partial charge in [-0.05, 0) is 32.3 Å². The lowest BCUT2D eigenvalue weighted by Gasteiger charge is -2.04. The van der Waals surface area contributed by atoms with Crippen molar-refractivity contribution in [2.45, 2.75) is 6.54 Å². The molecule has 0 saturated heterocycles. The molecule has 0 aromatic carbocycles. The smallest absolute Gasteiger partial charge is 0.442 e. The number of halogens is 1. The van der Waals surface area contributed by atoms with Gasteiger partial charge in [0, 0.05) is 6.54 Å². The molecule has 3 heterocycles. The van der Waals surface area contributed by atoms with E-state index in [1.165, 1.54) is 10.8 Å². The molecule has 0 unspecified atom stereocenters. The monoisotopic (exact) mass is 449 g/mol. The summed E-state index contributed by atoms with van der Waals surface area (Å²) in [5.41, 5.74) is 0.112. The first-order chi connectivity index (χ1) is 12.3. The molecular formula is C12H12BrN5O7S. The largest absolute Gasteiger partial charge is 0.466 e. The van der Waals surface area contributed by atoms with E-state index in [1.807, 2.05) is 0 Å². The molecule has 0 amide bonds. The fraction of sp³-hybridized carbons (Fsp3) is 0.333. The number of anilines is 1. The van der Waals surface area contributed by atoms with Gasteiger partial charge in [0.25, 0.3) is 10.1 Å². The Morgan fingerprint density at radius 1 is 1.35 bits per heavy atom. The Kier molecular flexibility index (Phi) is 5.24. The van der Waals surface area contributed by atoms with Crippen LogP contribution in [-0.2, 0) is 20.8 Å². The number of furan rings is 1. The van der Waals surface area contributed by atoms with Crippen molar-refractivity contribution in [3.63, 3.8) is 0 Å². The highest BCUT2D eigenvalue weighted by atomic mass is 79.9. The van der Waals surface area contributed by atoms with Crippen LogP contribution in [0.15, 0.2) is 35.2 Å². The molecule has 0 radical (unpaired) electrons. The van der Waals surface area contributed by atoms with Crippen LogP contribution in [0.5, 0.6) is 0 Å². The Morgan fingerprint density at radius 3 is 2.85 bits per heavy atom. The van der Waals surface area contributed by atoms with Crippen LogP contribution in [-0.4, -0.2) is 47.9 Å². The maximum Gasteiger partial charge on any atom is 0.442 e. The second kappa shape index (κ2) is 7.43. The maximum atomic E-state index is 11.9. The first-order valence-corrected chi connectivity index (χ1v) is 9.65. The van der Waals surface area contributed by atoms with Crippen molar-refractivity contribution in [1.29, 1.82) is 0 Å². The molecule has 1 N–H and O–H groups in total. The third kappa shape index (κ3) is 4.39. The van der Waals surface area contributed by atoms with Gasteiger partial charge in [0.1, 0.15) is 12.0 Å². The molecule has 0 fully saturated rings. The number of nitrogens with one attached hydrogen (secondary N) is 1. The minimum atomic E-state index is -3.55. The van der Waals surface area contributed by atoms with Crippen molar-refractivity contribution >= 4 is 31.9 Å². The van der Waals surface area contributed by atoms with E-state index >= 15 is 0 Å². The Labute approximate surface area is 154 Å².